The number of methoxy groups -OCH3 is 1. The molecule has 15 heavy (non-hydrogen) atoms. The zero-order chi connectivity index (χ0) is 11.6. The Balaban J connectivity index is 3.49. The molecule has 0 spiro atoms. The van der Waals surface area contributed by atoms with Gasteiger partial charge in [0, 0.05) is 0 Å². The molecule has 0 saturated carbocycles. The van der Waals surface area contributed by atoms with Gasteiger partial charge in [0.25, 0.3) is 0 Å². The van der Waals surface area contributed by atoms with Crippen molar-refractivity contribution in [1.29, 1.82) is 0 Å². The second kappa shape index (κ2) is 3.88. The van der Waals surface area contributed by atoms with Gasteiger partial charge in [0.1, 0.15) is 0 Å². The predicted octanol–water partition coefficient (Wildman–Crippen LogP) is 2.67. The standard InChI is InChI=1S/C9H6F4O2/c1-15-8-5(4-14)6(9(11,12)13)2-3-7(8)10/h2-4H,1H3. The van der Waals surface area contributed by atoms with Crippen LogP contribution in [0.25, 0.3) is 0 Å². The minimum atomic E-state index is -4.71. The second-order valence-electron chi connectivity index (χ2n) is 2.66. The molecule has 0 heterocycles. The summed E-state index contributed by atoms with van der Waals surface area (Å²) in [5, 5.41) is 0. The van der Waals surface area contributed by atoms with E-state index in [0.717, 1.165) is 7.11 Å². The van der Waals surface area contributed by atoms with Gasteiger partial charge in [-0.05, 0) is 12.1 Å². The first-order chi connectivity index (χ1) is 6.91. The van der Waals surface area contributed by atoms with Gasteiger partial charge in [-0.2, -0.15) is 13.2 Å². The molecule has 0 bridgehead atoms. The van der Waals surface area contributed by atoms with Crippen molar-refractivity contribution in [3.05, 3.63) is 29.1 Å². The van der Waals surface area contributed by atoms with Gasteiger partial charge in [-0.25, -0.2) is 4.39 Å². The maximum Gasteiger partial charge on any atom is 0.417 e. The SMILES string of the molecule is COc1c(F)ccc(C(F)(F)F)c1C=O. The van der Waals surface area contributed by atoms with Gasteiger partial charge in [0.05, 0.1) is 18.2 Å². The molecule has 1 rings (SSSR count). The average molecular weight is 222 g/mol. The van der Waals surface area contributed by atoms with E-state index in [2.05, 4.69) is 4.74 Å². The summed E-state index contributed by atoms with van der Waals surface area (Å²) in [6.07, 6.45) is -4.79. The Morgan fingerprint density at radius 2 is 1.93 bits per heavy atom. The van der Waals surface area contributed by atoms with Crippen LogP contribution in [0.1, 0.15) is 15.9 Å². The second-order valence-corrected chi connectivity index (χ2v) is 2.66. The van der Waals surface area contributed by atoms with E-state index in [0.29, 0.717) is 12.1 Å². The fourth-order valence-corrected chi connectivity index (χ4v) is 1.14. The van der Waals surface area contributed by atoms with E-state index < -0.39 is 28.9 Å². The summed E-state index contributed by atoms with van der Waals surface area (Å²) in [6, 6.07) is 1.11. The number of aldehydes is 1. The third kappa shape index (κ3) is 2.08. The van der Waals surface area contributed by atoms with Crippen molar-refractivity contribution in [2.45, 2.75) is 6.18 Å². The molecule has 0 aromatic heterocycles. The molecular formula is C9H6F4O2. The maximum atomic E-state index is 13.0. The molecule has 0 aliphatic carbocycles. The van der Waals surface area contributed by atoms with Gasteiger partial charge in [-0.3, -0.25) is 4.79 Å². The monoisotopic (exact) mass is 222 g/mol. The van der Waals surface area contributed by atoms with Crippen LogP contribution in [0.15, 0.2) is 12.1 Å². The van der Waals surface area contributed by atoms with Crippen molar-refractivity contribution in [2.24, 2.45) is 0 Å². The van der Waals surface area contributed by atoms with Crippen molar-refractivity contribution in [1.82, 2.24) is 0 Å². The maximum absolute atomic E-state index is 13.0. The topological polar surface area (TPSA) is 26.3 Å². The molecular weight excluding hydrogens is 216 g/mol. The lowest BCUT2D eigenvalue weighted by Crippen LogP contribution is -2.10. The highest BCUT2D eigenvalue weighted by Crippen LogP contribution is 2.36. The number of hydrogen-bond acceptors (Lipinski definition) is 2. The van der Waals surface area contributed by atoms with Crippen LogP contribution in [0.5, 0.6) is 5.75 Å². The van der Waals surface area contributed by atoms with Crippen LogP contribution < -0.4 is 4.74 Å². The lowest BCUT2D eigenvalue weighted by Gasteiger charge is -2.12. The fraction of sp³-hybridized carbons (Fsp3) is 0.222. The Morgan fingerprint density at radius 3 is 2.33 bits per heavy atom. The number of benzene rings is 1. The third-order valence-corrected chi connectivity index (χ3v) is 1.78. The Hall–Kier alpha value is -1.59. The lowest BCUT2D eigenvalue weighted by molar-refractivity contribution is -0.138. The van der Waals surface area contributed by atoms with Crippen molar-refractivity contribution >= 4 is 6.29 Å². The molecule has 2 nitrogen and oxygen atoms in total. The van der Waals surface area contributed by atoms with Crippen molar-refractivity contribution in [3.63, 3.8) is 0 Å². The number of carbonyl (C=O) groups excluding carboxylic acids is 1. The zero-order valence-electron chi connectivity index (χ0n) is 7.56. The van der Waals surface area contributed by atoms with Crippen molar-refractivity contribution in [3.8, 4) is 5.75 Å². The number of ether oxygens (including phenoxy) is 1. The van der Waals surface area contributed by atoms with Crippen LogP contribution in [-0.4, -0.2) is 13.4 Å². The van der Waals surface area contributed by atoms with E-state index >= 15 is 0 Å². The van der Waals surface area contributed by atoms with E-state index in [9.17, 15) is 22.4 Å². The molecule has 82 valence electrons. The molecule has 0 aliphatic rings. The average Bonchev–Trinajstić information content (AvgIpc) is 2.15. The molecule has 1 aromatic rings. The molecule has 1 aromatic carbocycles. The highest BCUT2D eigenvalue weighted by molar-refractivity contribution is 5.82. The minimum absolute atomic E-state index is 0.0786. The molecule has 0 N–H and O–H groups in total. The summed E-state index contributed by atoms with van der Waals surface area (Å²) in [4.78, 5) is 10.5. The first-order valence-electron chi connectivity index (χ1n) is 3.80. The van der Waals surface area contributed by atoms with Gasteiger partial charge >= 0.3 is 6.18 Å². The molecule has 6 heteroatoms. The Labute approximate surface area is 82.5 Å². The number of halogens is 4. The summed E-state index contributed by atoms with van der Waals surface area (Å²) in [7, 11) is 0.992. The molecule has 0 amide bonds. The zero-order valence-corrected chi connectivity index (χ0v) is 7.56. The molecule has 0 aliphatic heterocycles. The Morgan fingerprint density at radius 1 is 1.33 bits per heavy atom. The Kier molecular flexibility index (Phi) is 2.97. The highest BCUT2D eigenvalue weighted by atomic mass is 19.4. The van der Waals surface area contributed by atoms with Crippen LogP contribution in [0.4, 0.5) is 17.6 Å². The van der Waals surface area contributed by atoms with Crippen LogP contribution in [0.3, 0.4) is 0 Å². The lowest BCUT2D eigenvalue weighted by atomic mass is 10.1. The number of rotatable bonds is 2. The molecule has 0 atom stereocenters. The van der Waals surface area contributed by atoms with E-state index in [1.807, 2.05) is 0 Å². The van der Waals surface area contributed by atoms with Crippen molar-refractivity contribution in [2.75, 3.05) is 7.11 Å². The number of alkyl halides is 3. The highest BCUT2D eigenvalue weighted by Gasteiger charge is 2.35. The summed E-state index contributed by atoms with van der Waals surface area (Å²) >= 11 is 0. The van der Waals surface area contributed by atoms with Crippen LogP contribution in [0, 0.1) is 5.82 Å². The summed E-state index contributed by atoms with van der Waals surface area (Å²) in [5.41, 5.74) is -2.04. The van der Waals surface area contributed by atoms with Gasteiger partial charge in [-0.15, -0.1) is 0 Å². The molecule has 0 unspecified atom stereocenters. The quantitative estimate of drug-likeness (QED) is 0.568. The predicted molar refractivity (Wildman–Crippen MR) is 43.3 cm³/mol. The molecule has 0 radical (unpaired) electrons. The summed E-state index contributed by atoms with van der Waals surface area (Å²) < 4.78 is 54.4. The normalized spacial score (nSPS) is 11.3. The molecule has 0 saturated heterocycles. The van der Waals surface area contributed by atoms with Crippen LogP contribution >= 0.6 is 0 Å². The van der Waals surface area contributed by atoms with Crippen molar-refractivity contribution < 1.29 is 27.1 Å². The number of hydrogen-bond donors (Lipinski definition) is 0. The van der Waals surface area contributed by atoms with Gasteiger partial charge < -0.3 is 4.74 Å². The van der Waals surface area contributed by atoms with Crippen LogP contribution in [-0.2, 0) is 6.18 Å². The van der Waals surface area contributed by atoms with E-state index in [1.165, 1.54) is 0 Å². The van der Waals surface area contributed by atoms with Crippen LogP contribution in [0.2, 0.25) is 0 Å². The minimum Gasteiger partial charge on any atom is -0.493 e. The largest absolute Gasteiger partial charge is 0.493 e. The third-order valence-electron chi connectivity index (χ3n) is 1.78. The van der Waals surface area contributed by atoms with E-state index in [4.69, 9.17) is 0 Å². The van der Waals surface area contributed by atoms with Gasteiger partial charge in [-0.1, -0.05) is 0 Å². The van der Waals surface area contributed by atoms with Gasteiger partial charge in [0.15, 0.2) is 17.9 Å². The smallest absolute Gasteiger partial charge is 0.417 e. The first kappa shape index (κ1) is 11.5. The van der Waals surface area contributed by atoms with Gasteiger partial charge in [0.2, 0.25) is 0 Å². The summed E-state index contributed by atoms with van der Waals surface area (Å²) in [6.45, 7) is 0. The summed E-state index contributed by atoms with van der Waals surface area (Å²) in [5.74, 6) is -1.70. The first-order valence-corrected chi connectivity index (χ1v) is 3.80. The van der Waals surface area contributed by atoms with E-state index in [1.54, 1.807) is 0 Å². The number of carbonyl (C=O) groups is 1. The van der Waals surface area contributed by atoms with E-state index in [-0.39, 0.29) is 6.29 Å². The Bertz CT molecular complexity index is 384. The molecule has 0 fully saturated rings. The fourth-order valence-electron chi connectivity index (χ4n) is 1.14.